The largest absolute Gasteiger partial charge is 0.465 e. The van der Waals surface area contributed by atoms with E-state index in [0.717, 1.165) is 25.9 Å². The molecule has 0 amide bonds. The van der Waals surface area contributed by atoms with Crippen molar-refractivity contribution < 1.29 is 9.53 Å². The molecule has 1 N–H and O–H groups in total. The van der Waals surface area contributed by atoms with Gasteiger partial charge in [0.15, 0.2) is 0 Å². The lowest BCUT2D eigenvalue weighted by molar-refractivity contribution is -0.149. The molecule has 1 saturated carbocycles. The lowest BCUT2D eigenvalue weighted by Crippen LogP contribution is -2.35. The van der Waals surface area contributed by atoms with Crippen LogP contribution in [-0.2, 0) is 9.53 Å². The van der Waals surface area contributed by atoms with Gasteiger partial charge in [-0.05, 0) is 38.1 Å². The standard InChI is InChI=1S/C10H17NO2/c12-10(13-7-8-3-4-8)9-2-1-5-11-6-9/h8-9,11H,1-7H2/t9-/m0/s1. The summed E-state index contributed by atoms with van der Waals surface area (Å²) in [6, 6.07) is 0. The lowest BCUT2D eigenvalue weighted by atomic mass is 10.0. The Morgan fingerprint density at radius 3 is 2.85 bits per heavy atom. The van der Waals surface area contributed by atoms with E-state index >= 15 is 0 Å². The maximum absolute atomic E-state index is 11.5. The van der Waals surface area contributed by atoms with E-state index < -0.39 is 0 Å². The van der Waals surface area contributed by atoms with E-state index in [1.807, 2.05) is 0 Å². The Hall–Kier alpha value is -0.570. The number of hydrogen-bond acceptors (Lipinski definition) is 3. The van der Waals surface area contributed by atoms with Gasteiger partial charge in [0.05, 0.1) is 12.5 Å². The molecule has 0 radical (unpaired) electrons. The summed E-state index contributed by atoms with van der Waals surface area (Å²) in [5, 5.41) is 3.22. The molecule has 0 unspecified atom stereocenters. The van der Waals surface area contributed by atoms with E-state index in [-0.39, 0.29) is 11.9 Å². The van der Waals surface area contributed by atoms with Gasteiger partial charge in [0.2, 0.25) is 0 Å². The van der Waals surface area contributed by atoms with Crippen LogP contribution in [0.15, 0.2) is 0 Å². The van der Waals surface area contributed by atoms with Crippen LogP contribution >= 0.6 is 0 Å². The molecule has 2 fully saturated rings. The third kappa shape index (κ3) is 2.69. The molecule has 13 heavy (non-hydrogen) atoms. The van der Waals surface area contributed by atoms with Crippen LogP contribution in [0.5, 0.6) is 0 Å². The fourth-order valence-corrected chi connectivity index (χ4v) is 1.66. The summed E-state index contributed by atoms with van der Waals surface area (Å²) < 4.78 is 5.23. The average Bonchev–Trinajstić information content (AvgIpc) is 2.99. The van der Waals surface area contributed by atoms with E-state index in [1.54, 1.807) is 0 Å². The van der Waals surface area contributed by atoms with Gasteiger partial charge in [0, 0.05) is 6.54 Å². The second kappa shape index (κ2) is 4.09. The van der Waals surface area contributed by atoms with Crippen molar-refractivity contribution in [1.29, 1.82) is 0 Å². The SMILES string of the molecule is O=C(OCC1CC1)[C@H]1CCCNC1. The molecule has 0 bridgehead atoms. The lowest BCUT2D eigenvalue weighted by Gasteiger charge is -2.20. The van der Waals surface area contributed by atoms with Crippen molar-refractivity contribution in [3.8, 4) is 0 Å². The fourth-order valence-electron chi connectivity index (χ4n) is 1.66. The van der Waals surface area contributed by atoms with Crippen LogP contribution in [-0.4, -0.2) is 25.7 Å². The van der Waals surface area contributed by atoms with Gasteiger partial charge in [-0.2, -0.15) is 0 Å². The first kappa shape index (κ1) is 9.00. The number of carbonyl (C=O) groups excluding carboxylic acids is 1. The van der Waals surface area contributed by atoms with Crippen LogP contribution in [0, 0.1) is 11.8 Å². The van der Waals surface area contributed by atoms with Crippen LogP contribution in [0.4, 0.5) is 0 Å². The number of rotatable bonds is 3. The minimum absolute atomic E-state index is 0.0131. The van der Waals surface area contributed by atoms with E-state index in [4.69, 9.17) is 4.74 Å². The van der Waals surface area contributed by atoms with Gasteiger partial charge < -0.3 is 10.1 Å². The number of carbonyl (C=O) groups is 1. The second-order valence-corrected chi connectivity index (χ2v) is 4.12. The van der Waals surface area contributed by atoms with Crippen molar-refractivity contribution in [3.05, 3.63) is 0 Å². The maximum Gasteiger partial charge on any atom is 0.310 e. The molecule has 2 aliphatic rings. The van der Waals surface area contributed by atoms with Crippen LogP contribution in [0.1, 0.15) is 25.7 Å². The zero-order valence-corrected chi connectivity index (χ0v) is 7.92. The summed E-state index contributed by atoms with van der Waals surface area (Å²) in [5.74, 6) is 0.812. The first-order valence-corrected chi connectivity index (χ1v) is 5.23. The Morgan fingerprint density at radius 2 is 2.23 bits per heavy atom. The van der Waals surface area contributed by atoms with Crippen molar-refractivity contribution in [1.82, 2.24) is 5.32 Å². The molecule has 1 saturated heterocycles. The van der Waals surface area contributed by atoms with E-state index in [0.29, 0.717) is 12.5 Å². The van der Waals surface area contributed by atoms with Gasteiger partial charge in [-0.15, -0.1) is 0 Å². The van der Waals surface area contributed by atoms with Crippen molar-refractivity contribution in [3.63, 3.8) is 0 Å². The number of piperidine rings is 1. The smallest absolute Gasteiger partial charge is 0.310 e. The van der Waals surface area contributed by atoms with Crippen LogP contribution in [0.2, 0.25) is 0 Å². The molecule has 0 aromatic carbocycles. The summed E-state index contributed by atoms with van der Waals surface area (Å²) in [5.41, 5.74) is 0. The van der Waals surface area contributed by atoms with E-state index in [1.165, 1.54) is 12.8 Å². The molecule has 3 nitrogen and oxygen atoms in total. The molecule has 0 spiro atoms. The van der Waals surface area contributed by atoms with Crippen molar-refractivity contribution in [2.24, 2.45) is 11.8 Å². The zero-order chi connectivity index (χ0) is 9.10. The average molecular weight is 183 g/mol. The topological polar surface area (TPSA) is 38.3 Å². The third-order valence-electron chi connectivity index (χ3n) is 2.79. The quantitative estimate of drug-likeness (QED) is 0.662. The van der Waals surface area contributed by atoms with E-state index in [2.05, 4.69) is 5.32 Å². The van der Waals surface area contributed by atoms with Gasteiger partial charge in [-0.25, -0.2) is 0 Å². The van der Waals surface area contributed by atoms with Crippen LogP contribution < -0.4 is 5.32 Å². The Morgan fingerprint density at radius 1 is 1.38 bits per heavy atom. The fraction of sp³-hybridized carbons (Fsp3) is 0.900. The van der Waals surface area contributed by atoms with Gasteiger partial charge >= 0.3 is 5.97 Å². The third-order valence-corrected chi connectivity index (χ3v) is 2.79. The summed E-state index contributed by atoms with van der Waals surface area (Å²) >= 11 is 0. The second-order valence-electron chi connectivity index (χ2n) is 4.12. The molecule has 1 atom stereocenters. The monoisotopic (exact) mass is 183 g/mol. The first-order valence-electron chi connectivity index (χ1n) is 5.23. The predicted molar refractivity (Wildman–Crippen MR) is 49.3 cm³/mol. The summed E-state index contributed by atoms with van der Waals surface area (Å²) in [6.45, 7) is 2.52. The molecule has 1 aliphatic heterocycles. The molecule has 74 valence electrons. The van der Waals surface area contributed by atoms with Gasteiger partial charge in [0.1, 0.15) is 0 Å². The molecule has 1 aliphatic carbocycles. The minimum Gasteiger partial charge on any atom is -0.465 e. The Labute approximate surface area is 78.8 Å². The highest BCUT2D eigenvalue weighted by Crippen LogP contribution is 2.29. The van der Waals surface area contributed by atoms with Gasteiger partial charge in [-0.3, -0.25) is 4.79 Å². The molecular formula is C10H17NO2. The summed E-state index contributed by atoms with van der Waals surface area (Å²) in [7, 11) is 0. The van der Waals surface area contributed by atoms with Crippen molar-refractivity contribution in [2.45, 2.75) is 25.7 Å². The van der Waals surface area contributed by atoms with Crippen LogP contribution in [0.25, 0.3) is 0 Å². The Bertz CT molecular complexity index is 183. The number of esters is 1. The first-order chi connectivity index (χ1) is 6.36. The summed E-state index contributed by atoms with van der Waals surface area (Å²) in [4.78, 5) is 11.5. The zero-order valence-electron chi connectivity index (χ0n) is 7.92. The van der Waals surface area contributed by atoms with Crippen LogP contribution in [0.3, 0.4) is 0 Å². The van der Waals surface area contributed by atoms with Gasteiger partial charge in [0.25, 0.3) is 0 Å². The highest BCUT2D eigenvalue weighted by atomic mass is 16.5. The highest BCUT2D eigenvalue weighted by Gasteiger charge is 2.26. The Kier molecular flexibility index (Phi) is 2.83. The number of ether oxygens (including phenoxy) is 1. The molecule has 0 aromatic heterocycles. The van der Waals surface area contributed by atoms with E-state index in [9.17, 15) is 4.79 Å². The number of nitrogens with one attached hydrogen (secondary N) is 1. The normalized spacial score (nSPS) is 28.5. The molecule has 2 rings (SSSR count). The minimum atomic E-state index is 0.0131. The molecule has 1 heterocycles. The Balaban J connectivity index is 1.67. The predicted octanol–water partition coefficient (Wildman–Crippen LogP) is 0.939. The highest BCUT2D eigenvalue weighted by molar-refractivity contribution is 5.72. The molecule has 3 heteroatoms. The summed E-state index contributed by atoms with van der Waals surface area (Å²) in [6.07, 6.45) is 4.59. The van der Waals surface area contributed by atoms with Crippen molar-refractivity contribution in [2.75, 3.05) is 19.7 Å². The maximum atomic E-state index is 11.5. The van der Waals surface area contributed by atoms with Crippen molar-refractivity contribution >= 4 is 5.97 Å². The molecular weight excluding hydrogens is 166 g/mol. The van der Waals surface area contributed by atoms with Gasteiger partial charge in [-0.1, -0.05) is 0 Å². The molecule has 0 aromatic rings. The number of hydrogen-bond donors (Lipinski definition) is 1.